The highest BCUT2D eigenvalue weighted by molar-refractivity contribution is 8.00. The number of rotatable bonds is 8. The molecule has 8 heteroatoms. The Bertz CT molecular complexity index is 867. The molecule has 3 N–H and O–H groups in total. The van der Waals surface area contributed by atoms with Gasteiger partial charge < -0.3 is 20.5 Å². The van der Waals surface area contributed by atoms with Crippen molar-refractivity contribution in [2.24, 2.45) is 7.05 Å². The van der Waals surface area contributed by atoms with Crippen LogP contribution in [0.4, 0.5) is 4.79 Å². The van der Waals surface area contributed by atoms with Crippen molar-refractivity contribution in [2.45, 2.75) is 49.4 Å². The summed E-state index contributed by atoms with van der Waals surface area (Å²) < 4.78 is 2.09. The average molecular weight is 402 g/mol. The molecule has 0 saturated carbocycles. The molecule has 2 fully saturated rings. The van der Waals surface area contributed by atoms with Gasteiger partial charge in [-0.1, -0.05) is 18.6 Å². The summed E-state index contributed by atoms with van der Waals surface area (Å²) in [5.74, 6) is 2.07. The van der Waals surface area contributed by atoms with Gasteiger partial charge in [-0.05, 0) is 25.0 Å². The summed E-state index contributed by atoms with van der Waals surface area (Å²) in [5, 5.41) is 9.45. The van der Waals surface area contributed by atoms with E-state index in [0.717, 1.165) is 48.3 Å². The lowest BCUT2D eigenvalue weighted by molar-refractivity contribution is -0.121. The lowest BCUT2D eigenvalue weighted by atomic mass is 10.0. The molecule has 0 spiro atoms. The van der Waals surface area contributed by atoms with Crippen LogP contribution in [0, 0.1) is 0 Å². The molecule has 1 aromatic carbocycles. The van der Waals surface area contributed by atoms with E-state index in [4.69, 9.17) is 0 Å². The number of carbonyl (C=O) groups is 2. The summed E-state index contributed by atoms with van der Waals surface area (Å²) in [7, 11) is 2.01. The lowest BCUT2D eigenvalue weighted by Crippen LogP contribution is -2.36. The zero-order valence-corrected chi connectivity index (χ0v) is 16.9. The van der Waals surface area contributed by atoms with Gasteiger partial charge in [0, 0.05) is 37.4 Å². The molecule has 2 saturated heterocycles. The number of unbranched alkanes of at least 4 members (excludes halogenated alkanes) is 1. The van der Waals surface area contributed by atoms with Crippen LogP contribution >= 0.6 is 11.8 Å². The Morgan fingerprint density at radius 3 is 3.04 bits per heavy atom. The second-order valence-corrected chi connectivity index (χ2v) is 8.82. The third-order valence-corrected chi connectivity index (χ3v) is 7.14. The summed E-state index contributed by atoms with van der Waals surface area (Å²) in [6, 6.07) is 8.55. The van der Waals surface area contributed by atoms with Crippen molar-refractivity contribution in [3.63, 3.8) is 0 Å². The molecule has 2 aromatic rings. The Labute approximate surface area is 169 Å². The predicted octanol–water partition coefficient (Wildman–Crippen LogP) is 1.96. The number of benzene rings is 1. The Morgan fingerprint density at radius 1 is 1.32 bits per heavy atom. The maximum Gasteiger partial charge on any atom is 0.315 e. The first-order valence-electron chi connectivity index (χ1n) is 9.97. The standard InChI is InChI=1S/C20H27N5O2S/c1-25-15-7-3-2-6-13(15)22-17(25)10-11-21-18(26)9-5-4-8-16-19-14(12-28-16)23-20(27)24-19/h2-3,6-7,14,16,19H,4-5,8-12H2,1H3,(H,21,26)(H2,23,24,27)/t14-,16-,19-/m0/s1. The Morgan fingerprint density at radius 2 is 2.18 bits per heavy atom. The summed E-state index contributed by atoms with van der Waals surface area (Å²) >= 11 is 1.92. The van der Waals surface area contributed by atoms with Crippen molar-refractivity contribution in [1.29, 1.82) is 0 Å². The van der Waals surface area contributed by atoms with Gasteiger partial charge >= 0.3 is 6.03 Å². The van der Waals surface area contributed by atoms with E-state index in [2.05, 4.69) is 31.6 Å². The molecule has 28 heavy (non-hydrogen) atoms. The Hall–Kier alpha value is -2.22. The van der Waals surface area contributed by atoms with Crippen molar-refractivity contribution < 1.29 is 9.59 Å². The van der Waals surface area contributed by atoms with Gasteiger partial charge in [0.1, 0.15) is 5.82 Å². The number of urea groups is 1. The topological polar surface area (TPSA) is 88.0 Å². The molecule has 2 aliphatic rings. The van der Waals surface area contributed by atoms with Crippen molar-refractivity contribution in [2.75, 3.05) is 12.3 Å². The molecule has 3 atom stereocenters. The monoisotopic (exact) mass is 401 g/mol. The van der Waals surface area contributed by atoms with Gasteiger partial charge in [0.15, 0.2) is 0 Å². The number of hydrogen-bond donors (Lipinski definition) is 3. The minimum Gasteiger partial charge on any atom is -0.356 e. The average Bonchev–Trinajstić information content (AvgIpc) is 3.33. The van der Waals surface area contributed by atoms with E-state index in [9.17, 15) is 9.59 Å². The number of hydrogen-bond acceptors (Lipinski definition) is 4. The van der Waals surface area contributed by atoms with Gasteiger partial charge in [-0.3, -0.25) is 4.79 Å². The Kier molecular flexibility index (Phi) is 5.75. The Balaban J connectivity index is 1.13. The van der Waals surface area contributed by atoms with Crippen molar-refractivity contribution in [1.82, 2.24) is 25.5 Å². The number of amides is 3. The maximum atomic E-state index is 12.1. The molecule has 3 amide bonds. The maximum absolute atomic E-state index is 12.1. The highest BCUT2D eigenvalue weighted by Gasteiger charge is 2.42. The molecule has 4 rings (SSSR count). The first-order valence-corrected chi connectivity index (χ1v) is 11.0. The number of fused-ring (bicyclic) bond motifs is 2. The van der Waals surface area contributed by atoms with E-state index in [1.165, 1.54) is 0 Å². The molecule has 1 aromatic heterocycles. The van der Waals surface area contributed by atoms with Crippen LogP contribution < -0.4 is 16.0 Å². The van der Waals surface area contributed by atoms with E-state index in [1.807, 2.05) is 37.0 Å². The molecular weight excluding hydrogens is 374 g/mol. The number of thioether (sulfide) groups is 1. The minimum atomic E-state index is -0.0414. The van der Waals surface area contributed by atoms with Crippen LogP contribution in [0.5, 0.6) is 0 Å². The van der Waals surface area contributed by atoms with Gasteiger partial charge in [-0.15, -0.1) is 0 Å². The van der Waals surface area contributed by atoms with E-state index in [-0.39, 0.29) is 24.0 Å². The summed E-state index contributed by atoms with van der Waals surface area (Å²) in [4.78, 5) is 28.1. The fraction of sp³-hybridized carbons (Fsp3) is 0.550. The fourth-order valence-corrected chi connectivity index (χ4v) is 5.64. The van der Waals surface area contributed by atoms with Gasteiger partial charge in [-0.25, -0.2) is 9.78 Å². The number of para-hydroxylation sites is 2. The van der Waals surface area contributed by atoms with E-state index < -0.39 is 0 Å². The van der Waals surface area contributed by atoms with Gasteiger partial charge in [0.25, 0.3) is 0 Å². The zero-order valence-electron chi connectivity index (χ0n) is 16.1. The third kappa shape index (κ3) is 4.11. The largest absolute Gasteiger partial charge is 0.356 e. The predicted molar refractivity (Wildman–Crippen MR) is 111 cm³/mol. The van der Waals surface area contributed by atoms with Crippen LogP contribution in [0.25, 0.3) is 11.0 Å². The van der Waals surface area contributed by atoms with E-state index >= 15 is 0 Å². The van der Waals surface area contributed by atoms with Crippen LogP contribution in [-0.4, -0.2) is 51.1 Å². The number of imidazole rings is 1. The summed E-state index contributed by atoms with van der Waals surface area (Å²) in [6.07, 6.45) is 4.22. The van der Waals surface area contributed by atoms with Crippen LogP contribution in [0.1, 0.15) is 31.5 Å². The third-order valence-electron chi connectivity index (χ3n) is 5.63. The van der Waals surface area contributed by atoms with Gasteiger partial charge in [0.2, 0.25) is 5.91 Å². The highest BCUT2D eigenvalue weighted by atomic mass is 32.2. The molecular formula is C20H27N5O2S. The van der Waals surface area contributed by atoms with Crippen LogP contribution in [0.3, 0.4) is 0 Å². The number of nitrogens with one attached hydrogen (secondary N) is 3. The van der Waals surface area contributed by atoms with Gasteiger partial charge in [-0.2, -0.15) is 11.8 Å². The van der Waals surface area contributed by atoms with Crippen molar-refractivity contribution >= 4 is 34.7 Å². The lowest BCUT2D eigenvalue weighted by Gasteiger charge is -2.16. The van der Waals surface area contributed by atoms with E-state index in [0.29, 0.717) is 18.2 Å². The second kappa shape index (κ2) is 8.43. The number of carbonyl (C=O) groups excluding carboxylic acids is 2. The SMILES string of the molecule is Cn1c(CCNC(=O)CCCC[C@@H]2SC[C@@H]3NC(=O)N[C@@H]32)nc2ccccc21. The summed E-state index contributed by atoms with van der Waals surface area (Å²) in [6.45, 7) is 0.607. The van der Waals surface area contributed by atoms with Crippen LogP contribution in [0.2, 0.25) is 0 Å². The molecule has 0 radical (unpaired) electrons. The molecule has 150 valence electrons. The number of aryl methyl sites for hydroxylation is 1. The van der Waals surface area contributed by atoms with Crippen LogP contribution in [-0.2, 0) is 18.3 Å². The van der Waals surface area contributed by atoms with Crippen molar-refractivity contribution in [3.8, 4) is 0 Å². The quantitative estimate of drug-likeness (QED) is 0.466. The van der Waals surface area contributed by atoms with Crippen molar-refractivity contribution in [3.05, 3.63) is 30.1 Å². The normalized spacial score (nSPS) is 23.5. The first-order chi connectivity index (χ1) is 13.6. The molecule has 3 heterocycles. The first kappa shape index (κ1) is 19.1. The molecule has 0 bridgehead atoms. The molecule has 0 unspecified atom stereocenters. The molecule has 7 nitrogen and oxygen atoms in total. The molecule has 0 aliphatic carbocycles. The number of aromatic nitrogens is 2. The zero-order chi connectivity index (χ0) is 19.5. The minimum absolute atomic E-state index is 0.0414. The molecule has 2 aliphatic heterocycles. The van der Waals surface area contributed by atoms with E-state index in [1.54, 1.807) is 0 Å². The second-order valence-electron chi connectivity index (χ2n) is 7.54. The number of nitrogens with zero attached hydrogens (tertiary/aromatic N) is 2. The van der Waals surface area contributed by atoms with Crippen LogP contribution in [0.15, 0.2) is 24.3 Å². The fourth-order valence-electron chi connectivity index (χ4n) is 4.10. The summed E-state index contributed by atoms with van der Waals surface area (Å²) in [5.41, 5.74) is 2.11. The smallest absolute Gasteiger partial charge is 0.315 e. The van der Waals surface area contributed by atoms with Gasteiger partial charge in [0.05, 0.1) is 23.1 Å². The highest BCUT2D eigenvalue weighted by Crippen LogP contribution is 2.33.